The van der Waals surface area contributed by atoms with E-state index < -0.39 is 0 Å². The fraction of sp³-hybridized carbons (Fsp3) is 0.500. The third-order valence-corrected chi connectivity index (χ3v) is 3.35. The number of aliphatic hydroxyl groups is 1. The van der Waals surface area contributed by atoms with Crippen LogP contribution in [0.2, 0.25) is 5.02 Å². The van der Waals surface area contributed by atoms with Gasteiger partial charge < -0.3 is 5.11 Å². The van der Waals surface area contributed by atoms with Crippen LogP contribution in [0.5, 0.6) is 0 Å². The molecular formula is C12H14ClFO. The van der Waals surface area contributed by atoms with Crippen LogP contribution in [-0.4, -0.2) is 11.2 Å². The maximum atomic E-state index is 13.6. The number of hydrogen-bond acceptors (Lipinski definition) is 1. The predicted octanol–water partition coefficient (Wildman–Crippen LogP) is 3.18. The molecule has 2 unspecified atom stereocenters. The molecule has 1 aromatic rings. The largest absolute Gasteiger partial charge is 0.393 e. The summed E-state index contributed by atoms with van der Waals surface area (Å²) in [5, 5.41) is 9.57. The Morgan fingerprint density at radius 1 is 1.40 bits per heavy atom. The van der Waals surface area contributed by atoms with Crippen molar-refractivity contribution in [2.24, 2.45) is 5.92 Å². The summed E-state index contributed by atoms with van der Waals surface area (Å²) in [6, 6.07) is 5.10. The third-order valence-electron chi connectivity index (χ3n) is 3.05. The first-order valence-electron chi connectivity index (χ1n) is 5.27. The first-order chi connectivity index (χ1) is 7.16. The van der Waals surface area contributed by atoms with Crippen molar-refractivity contribution in [3.05, 3.63) is 34.6 Å². The van der Waals surface area contributed by atoms with E-state index in [0.29, 0.717) is 17.9 Å². The molecule has 1 nitrogen and oxygen atoms in total. The summed E-state index contributed by atoms with van der Waals surface area (Å²) in [7, 11) is 0. The molecule has 1 aromatic carbocycles. The van der Waals surface area contributed by atoms with E-state index in [1.54, 1.807) is 18.2 Å². The summed E-state index contributed by atoms with van der Waals surface area (Å²) >= 11 is 5.70. The summed E-state index contributed by atoms with van der Waals surface area (Å²) in [5.74, 6) is 0.0912. The first-order valence-corrected chi connectivity index (χ1v) is 5.65. The van der Waals surface area contributed by atoms with Crippen LogP contribution in [0.1, 0.15) is 24.8 Å². The summed E-state index contributed by atoms with van der Waals surface area (Å²) in [5.41, 5.74) is 0.668. The van der Waals surface area contributed by atoms with Crippen LogP contribution in [-0.2, 0) is 6.42 Å². The highest BCUT2D eigenvalue weighted by atomic mass is 35.5. The SMILES string of the molecule is OC1CCC(Cc2cccc(Cl)c2F)C1. The van der Waals surface area contributed by atoms with E-state index in [0.717, 1.165) is 19.3 Å². The minimum absolute atomic E-state index is 0.186. The van der Waals surface area contributed by atoms with Crippen molar-refractivity contribution in [3.63, 3.8) is 0 Å². The minimum atomic E-state index is -0.305. The molecule has 1 saturated carbocycles. The fourth-order valence-electron chi connectivity index (χ4n) is 2.25. The van der Waals surface area contributed by atoms with Gasteiger partial charge in [0.25, 0.3) is 0 Å². The van der Waals surface area contributed by atoms with Crippen molar-refractivity contribution < 1.29 is 9.50 Å². The molecular weight excluding hydrogens is 215 g/mol. The fourth-order valence-corrected chi connectivity index (χ4v) is 2.45. The molecule has 2 rings (SSSR count). The number of hydrogen-bond donors (Lipinski definition) is 1. The lowest BCUT2D eigenvalue weighted by Gasteiger charge is -2.10. The summed E-state index contributed by atoms with van der Waals surface area (Å²) in [6.45, 7) is 0. The van der Waals surface area contributed by atoms with Gasteiger partial charge in [0, 0.05) is 0 Å². The van der Waals surface area contributed by atoms with Crippen molar-refractivity contribution in [2.45, 2.75) is 31.8 Å². The highest BCUT2D eigenvalue weighted by Crippen LogP contribution is 2.30. The van der Waals surface area contributed by atoms with Crippen LogP contribution >= 0.6 is 11.6 Å². The van der Waals surface area contributed by atoms with Gasteiger partial charge in [-0.05, 0) is 43.2 Å². The van der Waals surface area contributed by atoms with E-state index in [9.17, 15) is 9.50 Å². The van der Waals surface area contributed by atoms with Crippen molar-refractivity contribution in [1.82, 2.24) is 0 Å². The van der Waals surface area contributed by atoms with Gasteiger partial charge in [0.1, 0.15) is 5.82 Å². The normalized spacial score (nSPS) is 25.8. The van der Waals surface area contributed by atoms with Crippen molar-refractivity contribution >= 4 is 11.6 Å². The second kappa shape index (κ2) is 4.50. The quantitative estimate of drug-likeness (QED) is 0.824. The Hall–Kier alpha value is -0.600. The predicted molar refractivity (Wildman–Crippen MR) is 58.5 cm³/mol. The van der Waals surface area contributed by atoms with Gasteiger partial charge in [0.15, 0.2) is 0 Å². The zero-order valence-electron chi connectivity index (χ0n) is 8.42. The lowest BCUT2D eigenvalue weighted by atomic mass is 9.97. The molecule has 0 aromatic heterocycles. The molecule has 0 spiro atoms. The number of benzene rings is 1. The molecule has 3 heteroatoms. The van der Waals surface area contributed by atoms with Crippen LogP contribution < -0.4 is 0 Å². The van der Waals surface area contributed by atoms with Crippen LogP contribution in [0.15, 0.2) is 18.2 Å². The zero-order valence-corrected chi connectivity index (χ0v) is 9.17. The molecule has 0 amide bonds. The van der Waals surface area contributed by atoms with E-state index in [2.05, 4.69) is 0 Å². The second-order valence-electron chi connectivity index (χ2n) is 4.25. The van der Waals surface area contributed by atoms with E-state index in [1.807, 2.05) is 0 Å². The van der Waals surface area contributed by atoms with Crippen LogP contribution in [0, 0.1) is 11.7 Å². The van der Waals surface area contributed by atoms with Crippen LogP contribution in [0.25, 0.3) is 0 Å². The van der Waals surface area contributed by atoms with Gasteiger partial charge in [-0.1, -0.05) is 23.7 Å². The molecule has 1 fully saturated rings. The molecule has 15 heavy (non-hydrogen) atoms. The molecule has 1 aliphatic rings. The number of halogens is 2. The van der Waals surface area contributed by atoms with Gasteiger partial charge in [0.2, 0.25) is 0 Å². The molecule has 2 atom stereocenters. The summed E-state index contributed by atoms with van der Waals surface area (Å²) < 4.78 is 13.6. The average molecular weight is 229 g/mol. The standard InChI is InChI=1S/C12H14ClFO/c13-11-3-1-2-9(12(11)14)6-8-4-5-10(15)7-8/h1-3,8,10,15H,4-7H2. The average Bonchev–Trinajstić information content (AvgIpc) is 2.59. The zero-order chi connectivity index (χ0) is 10.8. The Morgan fingerprint density at radius 3 is 2.87 bits per heavy atom. The maximum Gasteiger partial charge on any atom is 0.144 e. The van der Waals surface area contributed by atoms with E-state index in [4.69, 9.17) is 11.6 Å². The Balaban J connectivity index is 2.07. The summed E-state index contributed by atoms with van der Waals surface area (Å²) in [4.78, 5) is 0. The lowest BCUT2D eigenvalue weighted by Crippen LogP contribution is -2.04. The van der Waals surface area contributed by atoms with E-state index in [-0.39, 0.29) is 16.9 Å². The van der Waals surface area contributed by atoms with Gasteiger partial charge >= 0.3 is 0 Å². The van der Waals surface area contributed by atoms with Crippen LogP contribution in [0.3, 0.4) is 0 Å². The highest BCUT2D eigenvalue weighted by Gasteiger charge is 2.23. The van der Waals surface area contributed by atoms with Crippen molar-refractivity contribution in [1.29, 1.82) is 0 Å². The molecule has 0 radical (unpaired) electrons. The monoisotopic (exact) mass is 228 g/mol. The third kappa shape index (κ3) is 2.50. The second-order valence-corrected chi connectivity index (χ2v) is 4.66. The number of aliphatic hydroxyl groups excluding tert-OH is 1. The minimum Gasteiger partial charge on any atom is -0.393 e. The van der Waals surface area contributed by atoms with Gasteiger partial charge in [-0.2, -0.15) is 0 Å². The molecule has 82 valence electrons. The number of rotatable bonds is 2. The Labute approximate surface area is 93.9 Å². The maximum absolute atomic E-state index is 13.6. The molecule has 1 N–H and O–H groups in total. The molecule has 0 bridgehead atoms. The highest BCUT2D eigenvalue weighted by molar-refractivity contribution is 6.30. The Bertz CT molecular complexity index is 353. The van der Waals surface area contributed by atoms with Gasteiger partial charge in [-0.25, -0.2) is 4.39 Å². The molecule has 0 saturated heterocycles. The van der Waals surface area contributed by atoms with Crippen molar-refractivity contribution in [2.75, 3.05) is 0 Å². The molecule has 0 aliphatic heterocycles. The molecule has 1 aliphatic carbocycles. The Morgan fingerprint density at radius 2 is 2.20 bits per heavy atom. The Kier molecular flexibility index (Phi) is 3.27. The first kappa shape index (κ1) is 10.9. The molecule has 0 heterocycles. The van der Waals surface area contributed by atoms with Gasteiger partial charge in [-0.15, -0.1) is 0 Å². The van der Waals surface area contributed by atoms with E-state index >= 15 is 0 Å². The van der Waals surface area contributed by atoms with E-state index in [1.165, 1.54) is 0 Å². The topological polar surface area (TPSA) is 20.2 Å². The van der Waals surface area contributed by atoms with Crippen LogP contribution in [0.4, 0.5) is 4.39 Å². The van der Waals surface area contributed by atoms with Gasteiger partial charge in [0.05, 0.1) is 11.1 Å². The lowest BCUT2D eigenvalue weighted by molar-refractivity contribution is 0.177. The van der Waals surface area contributed by atoms with Gasteiger partial charge in [-0.3, -0.25) is 0 Å². The smallest absolute Gasteiger partial charge is 0.144 e. The van der Waals surface area contributed by atoms with Crippen molar-refractivity contribution in [3.8, 4) is 0 Å². The summed E-state index contributed by atoms with van der Waals surface area (Å²) in [6.07, 6.45) is 3.09.